The molecule has 1 fully saturated rings. The first-order valence-electron chi connectivity index (χ1n) is 9.54. The van der Waals surface area contributed by atoms with Gasteiger partial charge in [0, 0.05) is 24.2 Å². The van der Waals surface area contributed by atoms with Crippen LogP contribution in [0.5, 0.6) is 0 Å². The second-order valence-electron chi connectivity index (χ2n) is 6.92. The molecule has 0 aliphatic carbocycles. The average Bonchev–Trinajstić information content (AvgIpc) is 2.99. The number of Topliss-reactive ketones (excluding diaryl/α,β-unsaturated/α-hetero) is 1. The summed E-state index contributed by atoms with van der Waals surface area (Å²) >= 11 is 0. The first-order chi connectivity index (χ1) is 14.0. The first kappa shape index (κ1) is 20.3. The number of likely N-dealkylation sites (tertiary alicyclic amines) is 1. The van der Waals surface area contributed by atoms with Crippen LogP contribution in [0.25, 0.3) is 5.76 Å². The number of nitro groups is 1. The third-order valence-electron chi connectivity index (χ3n) is 4.99. The van der Waals surface area contributed by atoms with Crippen molar-refractivity contribution in [2.75, 3.05) is 6.54 Å². The first-order valence-corrected chi connectivity index (χ1v) is 9.54. The molecule has 1 heterocycles. The third kappa shape index (κ3) is 4.03. The number of carbonyl (C=O) groups excluding carboxylic acids is 2. The molecule has 150 valence electrons. The van der Waals surface area contributed by atoms with Crippen molar-refractivity contribution in [2.24, 2.45) is 0 Å². The minimum atomic E-state index is -0.778. The number of hydrogen-bond donors (Lipinski definition) is 1. The van der Waals surface area contributed by atoms with Gasteiger partial charge in [0.2, 0.25) is 0 Å². The van der Waals surface area contributed by atoms with Crippen LogP contribution in [0.3, 0.4) is 0 Å². The van der Waals surface area contributed by atoms with Crippen molar-refractivity contribution in [1.82, 2.24) is 4.90 Å². The van der Waals surface area contributed by atoms with E-state index in [9.17, 15) is 24.8 Å². The third-order valence-corrected chi connectivity index (χ3v) is 4.99. The zero-order valence-corrected chi connectivity index (χ0v) is 16.1. The van der Waals surface area contributed by atoms with Gasteiger partial charge in [-0.25, -0.2) is 0 Å². The lowest BCUT2D eigenvalue weighted by Crippen LogP contribution is -2.30. The number of unbranched alkanes of at least 4 members (excludes halogenated alkanes) is 2. The molecule has 0 aromatic heterocycles. The van der Waals surface area contributed by atoms with Crippen molar-refractivity contribution in [3.8, 4) is 0 Å². The highest BCUT2D eigenvalue weighted by molar-refractivity contribution is 6.46. The largest absolute Gasteiger partial charge is 0.507 e. The van der Waals surface area contributed by atoms with Gasteiger partial charge in [0.1, 0.15) is 5.76 Å². The number of aliphatic hydroxyl groups is 1. The summed E-state index contributed by atoms with van der Waals surface area (Å²) in [5.41, 5.74) is 0.586. The van der Waals surface area contributed by atoms with Gasteiger partial charge in [-0.1, -0.05) is 62.2 Å². The van der Waals surface area contributed by atoms with Gasteiger partial charge in [0.25, 0.3) is 17.4 Å². The number of aliphatic hydroxyl groups excluding tert-OH is 1. The van der Waals surface area contributed by atoms with E-state index in [4.69, 9.17) is 0 Å². The molecule has 1 atom stereocenters. The number of ketones is 1. The number of hydrogen-bond acceptors (Lipinski definition) is 5. The second kappa shape index (κ2) is 8.68. The average molecular weight is 394 g/mol. The molecule has 2 aromatic carbocycles. The summed E-state index contributed by atoms with van der Waals surface area (Å²) in [7, 11) is 0. The molecule has 1 aliphatic heterocycles. The maximum Gasteiger partial charge on any atom is 0.295 e. The lowest BCUT2D eigenvalue weighted by molar-refractivity contribution is -0.384. The van der Waals surface area contributed by atoms with Gasteiger partial charge in [-0.3, -0.25) is 19.7 Å². The molecule has 3 rings (SSSR count). The van der Waals surface area contributed by atoms with Crippen molar-refractivity contribution in [3.63, 3.8) is 0 Å². The van der Waals surface area contributed by atoms with Crippen molar-refractivity contribution >= 4 is 23.1 Å². The highest BCUT2D eigenvalue weighted by atomic mass is 16.6. The maximum atomic E-state index is 12.8. The molecule has 1 aliphatic rings. The number of amides is 1. The van der Waals surface area contributed by atoms with E-state index >= 15 is 0 Å². The molecule has 29 heavy (non-hydrogen) atoms. The van der Waals surface area contributed by atoms with Crippen LogP contribution in [-0.4, -0.2) is 33.2 Å². The predicted octanol–water partition coefficient (Wildman–Crippen LogP) is 4.21. The molecule has 0 radical (unpaired) electrons. The zero-order chi connectivity index (χ0) is 21.0. The van der Waals surface area contributed by atoms with E-state index in [-0.39, 0.29) is 16.8 Å². The summed E-state index contributed by atoms with van der Waals surface area (Å²) < 4.78 is 0. The molecule has 0 spiro atoms. The Morgan fingerprint density at radius 1 is 1.10 bits per heavy atom. The van der Waals surface area contributed by atoms with Crippen LogP contribution in [0.4, 0.5) is 5.69 Å². The summed E-state index contributed by atoms with van der Waals surface area (Å²) in [6.45, 7) is 2.44. The molecule has 7 heteroatoms. The highest BCUT2D eigenvalue weighted by Crippen LogP contribution is 2.39. The van der Waals surface area contributed by atoms with E-state index in [1.54, 1.807) is 24.3 Å². The molecule has 0 bridgehead atoms. The van der Waals surface area contributed by atoms with Gasteiger partial charge < -0.3 is 10.0 Å². The number of non-ortho nitro benzene ring substituents is 1. The second-order valence-corrected chi connectivity index (χ2v) is 6.92. The van der Waals surface area contributed by atoms with Gasteiger partial charge >= 0.3 is 0 Å². The van der Waals surface area contributed by atoms with Crippen LogP contribution in [0.2, 0.25) is 0 Å². The molecule has 1 N–H and O–H groups in total. The van der Waals surface area contributed by atoms with Crippen molar-refractivity contribution in [1.29, 1.82) is 0 Å². The molecule has 1 amide bonds. The fraction of sp³-hybridized carbons (Fsp3) is 0.273. The van der Waals surface area contributed by atoms with Crippen molar-refractivity contribution < 1.29 is 19.6 Å². The Labute approximate surface area is 168 Å². The lowest BCUT2D eigenvalue weighted by Gasteiger charge is -2.25. The van der Waals surface area contributed by atoms with E-state index in [1.807, 2.05) is 13.0 Å². The predicted molar refractivity (Wildman–Crippen MR) is 108 cm³/mol. The molecule has 0 saturated carbocycles. The topological polar surface area (TPSA) is 101 Å². The van der Waals surface area contributed by atoms with Gasteiger partial charge in [-0.2, -0.15) is 0 Å². The van der Waals surface area contributed by atoms with Crippen LogP contribution in [0.15, 0.2) is 60.2 Å². The Morgan fingerprint density at radius 3 is 2.48 bits per heavy atom. The Morgan fingerprint density at radius 2 is 1.83 bits per heavy atom. The van der Waals surface area contributed by atoms with Gasteiger partial charge in [0.05, 0.1) is 16.5 Å². The van der Waals surface area contributed by atoms with E-state index in [2.05, 4.69) is 0 Å². The van der Waals surface area contributed by atoms with Gasteiger partial charge in [-0.15, -0.1) is 0 Å². The van der Waals surface area contributed by atoms with Crippen LogP contribution in [0.1, 0.15) is 43.4 Å². The number of nitro benzene ring substituents is 1. The monoisotopic (exact) mass is 394 g/mol. The number of rotatable bonds is 7. The molecule has 1 unspecified atom stereocenters. The summed E-state index contributed by atoms with van der Waals surface area (Å²) in [5.74, 6) is -1.85. The maximum absolute atomic E-state index is 12.8. The molecule has 7 nitrogen and oxygen atoms in total. The van der Waals surface area contributed by atoms with Crippen LogP contribution in [-0.2, 0) is 9.59 Å². The van der Waals surface area contributed by atoms with Crippen molar-refractivity contribution in [2.45, 2.75) is 32.2 Å². The Hall–Kier alpha value is -3.48. The van der Waals surface area contributed by atoms with Crippen molar-refractivity contribution in [3.05, 3.63) is 81.4 Å². The summed E-state index contributed by atoms with van der Waals surface area (Å²) in [6, 6.07) is 13.7. The molecule has 2 aromatic rings. The molecule has 1 saturated heterocycles. The Bertz CT molecular complexity index is 968. The van der Waals surface area contributed by atoms with Crippen LogP contribution in [0, 0.1) is 10.1 Å². The van der Waals surface area contributed by atoms with Gasteiger partial charge in [0.15, 0.2) is 0 Å². The van der Waals surface area contributed by atoms with E-state index < -0.39 is 28.4 Å². The summed E-state index contributed by atoms with van der Waals surface area (Å²) in [5, 5.41) is 22.0. The van der Waals surface area contributed by atoms with E-state index in [0.29, 0.717) is 12.1 Å². The van der Waals surface area contributed by atoms with E-state index in [0.717, 1.165) is 19.3 Å². The number of nitrogens with zero attached hydrogens (tertiary/aromatic N) is 2. The van der Waals surface area contributed by atoms with Gasteiger partial charge in [-0.05, 0) is 12.0 Å². The Kier molecular flexibility index (Phi) is 6.07. The van der Waals surface area contributed by atoms with Crippen LogP contribution < -0.4 is 0 Å². The van der Waals surface area contributed by atoms with Crippen LogP contribution >= 0.6 is 0 Å². The smallest absolute Gasteiger partial charge is 0.295 e. The quantitative estimate of drug-likeness (QED) is 0.189. The number of benzene rings is 2. The summed E-state index contributed by atoms with van der Waals surface area (Å²) in [6.07, 6.45) is 2.62. The number of carbonyl (C=O) groups is 2. The molecular weight excluding hydrogens is 372 g/mol. The fourth-order valence-corrected chi connectivity index (χ4v) is 3.55. The lowest BCUT2D eigenvalue weighted by atomic mass is 9.95. The SMILES string of the molecule is CCCCCN1C(=O)C(=O)/C(=C(\O)c2cccc([N+](=O)[O-])c2)C1c1ccccc1. The minimum absolute atomic E-state index is 0.0433. The minimum Gasteiger partial charge on any atom is -0.507 e. The fourth-order valence-electron chi connectivity index (χ4n) is 3.55. The standard InChI is InChI=1S/C22H22N2O5/c1-2-3-7-13-23-19(15-9-5-4-6-10-15)18(21(26)22(23)27)20(25)16-11-8-12-17(14-16)24(28)29/h4-6,8-12,14,19,25H,2-3,7,13H2,1H3/b20-18-. The van der Waals surface area contributed by atoms with E-state index in [1.165, 1.54) is 29.2 Å². The highest BCUT2D eigenvalue weighted by Gasteiger charge is 2.45. The Balaban J connectivity index is 2.12. The normalized spacial score (nSPS) is 18.2. The molecular formula is C22H22N2O5. The summed E-state index contributed by atoms with van der Waals surface area (Å²) in [4.78, 5) is 37.5. The zero-order valence-electron chi connectivity index (χ0n) is 16.1.